The van der Waals surface area contributed by atoms with Gasteiger partial charge in [0, 0.05) is 13.1 Å². The van der Waals surface area contributed by atoms with E-state index in [1.165, 1.54) is 0 Å². The number of rotatable bonds is 4. The van der Waals surface area contributed by atoms with E-state index in [2.05, 4.69) is 0 Å². The zero-order valence-electron chi connectivity index (χ0n) is 11.9. The second-order valence-electron chi connectivity index (χ2n) is 4.90. The van der Waals surface area contributed by atoms with Gasteiger partial charge < -0.3 is 14.4 Å². The molecule has 2 rings (SSSR count). The summed E-state index contributed by atoms with van der Waals surface area (Å²) in [6.45, 7) is 3.78. The Morgan fingerprint density at radius 3 is 2.32 bits per heavy atom. The molecule has 0 aliphatic carbocycles. The van der Waals surface area contributed by atoms with Crippen LogP contribution < -0.4 is 9.47 Å². The van der Waals surface area contributed by atoms with Crippen LogP contribution in [0, 0.1) is 6.92 Å². The third-order valence-corrected chi connectivity index (χ3v) is 3.64. The third-order valence-electron chi connectivity index (χ3n) is 3.64. The molecule has 1 aromatic carbocycles. The van der Waals surface area contributed by atoms with Gasteiger partial charge in [0.15, 0.2) is 11.5 Å². The Hall–Kier alpha value is -1.71. The fourth-order valence-electron chi connectivity index (χ4n) is 2.45. The monoisotopic (exact) mass is 263 g/mol. The van der Waals surface area contributed by atoms with Gasteiger partial charge in [0.1, 0.15) is 0 Å². The highest BCUT2D eigenvalue weighted by atomic mass is 16.5. The average molecular weight is 263 g/mol. The van der Waals surface area contributed by atoms with Crippen LogP contribution in [-0.2, 0) is 11.2 Å². The number of likely N-dealkylation sites (tertiary alicyclic amines) is 1. The van der Waals surface area contributed by atoms with Gasteiger partial charge in [0.2, 0.25) is 5.91 Å². The molecule has 1 aliphatic heterocycles. The van der Waals surface area contributed by atoms with Crippen LogP contribution in [0.25, 0.3) is 0 Å². The Morgan fingerprint density at radius 1 is 1.16 bits per heavy atom. The van der Waals surface area contributed by atoms with Crippen LogP contribution >= 0.6 is 0 Å². The molecule has 1 fully saturated rings. The highest BCUT2D eigenvalue weighted by Crippen LogP contribution is 2.30. The molecule has 19 heavy (non-hydrogen) atoms. The molecule has 0 unspecified atom stereocenters. The van der Waals surface area contributed by atoms with Crippen molar-refractivity contribution in [3.63, 3.8) is 0 Å². The van der Waals surface area contributed by atoms with Crippen LogP contribution in [-0.4, -0.2) is 38.1 Å². The minimum absolute atomic E-state index is 0.202. The lowest BCUT2D eigenvalue weighted by atomic mass is 10.0. The molecule has 0 bridgehead atoms. The smallest absolute Gasteiger partial charge is 0.227 e. The van der Waals surface area contributed by atoms with Gasteiger partial charge in [-0.05, 0) is 43.0 Å². The summed E-state index contributed by atoms with van der Waals surface area (Å²) in [6.07, 6.45) is 2.68. The minimum Gasteiger partial charge on any atom is -0.493 e. The van der Waals surface area contributed by atoms with Gasteiger partial charge >= 0.3 is 0 Å². The molecule has 1 aliphatic rings. The van der Waals surface area contributed by atoms with Gasteiger partial charge in [-0.3, -0.25) is 4.79 Å². The number of amides is 1. The molecule has 4 nitrogen and oxygen atoms in total. The van der Waals surface area contributed by atoms with E-state index < -0.39 is 0 Å². The molecule has 1 aromatic rings. The molecule has 0 atom stereocenters. The van der Waals surface area contributed by atoms with Crippen LogP contribution in [0.15, 0.2) is 12.1 Å². The van der Waals surface area contributed by atoms with Crippen molar-refractivity contribution in [2.24, 2.45) is 0 Å². The number of carbonyl (C=O) groups excluding carboxylic acids is 1. The van der Waals surface area contributed by atoms with Gasteiger partial charge in [-0.1, -0.05) is 0 Å². The molecular weight excluding hydrogens is 242 g/mol. The van der Waals surface area contributed by atoms with E-state index in [4.69, 9.17) is 9.47 Å². The Labute approximate surface area is 114 Å². The number of ether oxygens (including phenoxy) is 2. The van der Waals surface area contributed by atoms with Crippen molar-refractivity contribution in [1.29, 1.82) is 0 Å². The average Bonchev–Trinajstić information content (AvgIpc) is 2.94. The first-order valence-electron chi connectivity index (χ1n) is 6.65. The van der Waals surface area contributed by atoms with E-state index in [9.17, 15) is 4.79 Å². The predicted octanol–water partition coefficient (Wildman–Crippen LogP) is 2.18. The van der Waals surface area contributed by atoms with Gasteiger partial charge in [0.05, 0.1) is 20.6 Å². The molecule has 1 heterocycles. The van der Waals surface area contributed by atoms with Crippen LogP contribution in [0.2, 0.25) is 0 Å². The maximum absolute atomic E-state index is 12.2. The molecule has 0 saturated carbocycles. The van der Waals surface area contributed by atoms with Crippen LogP contribution in [0.3, 0.4) is 0 Å². The number of benzene rings is 1. The summed E-state index contributed by atoms with van der Waals surface area (Å²) < 4.78 is 10.5. The molecule has 0 spiro atoms. The van der Waals surface area contributed by atoms with Gasteiger partial charge in [-0.15, -0.1) is 0 Å². The SMILES string of the molecule is COc1cc(C)c(CC(=O)N2CCCC2)cc1OC. The zero-order valence-corrected chi connectivity index (χ0v) is 11.9. The van der Waals surface area contributed by atoms with Crippen molar-refractivity contribution in [2.75, 3.05) is 27.3 Å². The topological polar surface area (TPSA) is 38.8 Å². The Bertz CT molecular complexity index is 465. The van der Waals surface area contributed by atoms with Crippen LogP contribution in [0.1, 0.15) is 24.0 Å². The molecule has 104 valence electrons. The summed E-state index contributed by atoms with van der Waals surface area (Å²) >= 11 is 0. The highest BCUT2D eigenvalue weighted by molar-refractivity contribution is 5.79. The fourth-order valence-corrected chi connectivity index (χ4v) is 2.45. The van der Waals surface area contributed by atoms with Crippen molar-refractivity contribution in [3.05, 3.63) is 23.3 Å². The first-order valence-corrected chi connectivity index (χ1v) is 6.65. The number of aryl methyl sites for hydroxylation is 1. The molecule has 1 amide bonds. The van der Waals surface area contributed by atoms with Crippen molar-refractivity contribution in [1.82, 2.24) is 4.90 Å². The summed E-state index contributed by atoms with van der Waals surface area (Å²) in [6, 6.07) is 3.83. The molecule has 0 N–H and O–H groups in total. The van der Waals surface area contributed by atoms with Gasteiger partial charge in [-0.25, -0.2) is 0 Å². The van der Waals surface area contributed by atoms with Gasteiger partial charge in [-0.2, -0.15) is 0 Å². The number of hydrogen-bond donors (Lipinski definition) is 0. The normalized spacial score (nSPS) is 14.6. The van der Waals surface area contributed by atoms with Gasteiger partial charge in [0.25, 0.3) is 0 Å². The number of carbonyl (C=O) groups is 1. The molecule has 1 saturated heterocycles. The number of methoxy groups -OCH3 is 2. The summed E-state index contributed by atoms with van der Waals surface area (Å²) in [5, 5.41) is 0. The number of nitrogens with zero attached hydrogens (tertiary/aromatic N) is 1. The quantitative estimate of drug-likeness (QED) is 0.835. The van der Waals surface area contributed by atoms with E-state index in [0.717, 1.165) is 37.1 Å². The van der Waals surface area contributed by atoms with E-state index >= 15 is 0 Å². The molecule has 0 aromatic heterocycles. The summed E-state index contributed by atoms with van der Waals surface area (Å²) in [4.78, 5) is 14.1. The van der Waals surface area contributed by atoms with Crippen molar-refractivity contribution >= 4 is 5.91 Å². The lowest BCUT2D eigenvalue weighted by Crippen LogP contribution is -2.29. The largest absolute Gasteiger partial charge is 0.493 e. The second kappa shape index (κ2) is 5.95. The van der Waals surface area contributed by atoms with Crippen molar-refractivity contribution in [3.8, 4) is 11.5 Å². The van der Waals surface area contributed by atoms with Crippen molar-refractivity contribution in [2.45, 2.75) is 26.2 Å². The van der Waals surface area contributed by atoms with E-state index in [1.54, 1.807) is 14.2 Å². The summed E-state index contributed by atoms with van der Waals surface area (Å²) in [7, 11) is 3.23. The third kappa shape index (κ3) is 3.00. The summed E-state index contributed by atoms with van der Waals surface area (Å²) in [5.41, 5.74) is 2.07. The summed E-state index contributed by atoms with van der Waals surface area (Å²) in [5.74, 6) is 1.59. The Balaban J connectivity index is 2.17. The zero-order chi connectivity index (χ0) is 13.8. The fraction of sp³-hybridized carbons (Fsp3) is 0.533. The number of hydrogen-bond acceptors (Lipinski definition) is 3. The Morgan fingerprint density at radius 2 is 1.74 bits per heavy atom. The first-order chi connectivity index (χ1) is 9.15. The second-order valence-corrected chi connectivity index (χ2v) is 4.90. The first kappa shape index (κ1) is 13.7. The van der Waals surface area contributed by atoms with Crippen LogP contribution in [0.5, 0.6) is 11.5 Å². The lowest BCUT2D eigenvalue weighted by Gasteiger charge is -2.17. The molecular formula is C15H21NO3. The van der Waals surface area contributed by atoms with Crippen molar-refractivity contribution < 1.29 is 14.3 Å². The minimum atomic E-state index is 0.202. The van der Waals surface area contributed by atoms with E-state index in [-0.39, 0.29) is 5.91 Å². The highest BCUT2D eigenvalue weighted by Gasteiger charge is 2.19. The molecule has 4 heteroatoms. The maximum Gasteiger partial charge on any atom is 0.227 e. The Kier molecular flexibility index (Phi) is 4.30. The van der Waals surface area contributed by atoms with E-state index in [0.29, 0.717) is 17.9 Å². The maximum atomic E-state index is 12.2. The predicted molar refractivity (Wildman–Crippen MR) is 73.8 cm³/mol. The van der Waals surface area contributed by atoms with E-state index in [1.807, 2.05) is 24.0 Å². The van der Waals surface area contributed by atoms with Crippen LogP contribution in [0.4, 0.5) is 0 Å². The standard InChI is InChI=1S/C15H21NO3/c1-11-8-13(18-2)14(19-3)9-12(11)10-15(17)16-6-4-5-7-16/h8-9H,4-7,10H2,1-3H3. The lowest BCUT2D eigenvalue weighted by molar-refractivity contribution is -0.129. The molecule has 0 radical (unpaired) electrons.